The molecule has 2 aliphatic rings. The van der Waals surface area contributed by atoms with Gasteiger partial charge in [0.15, 0.2) is 11.5 Å². The van der Waals surface area contributed by atoms with Crippen molar-refractivity contribution in [1.82, 2.24) is 20.4 Å². The van der Waals surface area contributed by atoms with Crippen LogP contribution in [0.15, 0.2) is 52.1 Å². The molecule has 9 nitrogen and oxygen atoms in total. The van der Waals surface area contributed by atoms with Gasteiger partial charge in [-0.15, -0.1) is 11.3 Å². The highest BCUT2D eigenvalue weighted by Crippen LogP contribution is 2.38. The molecule has 2 N–H and O–H groups in total. The zero-order chi connectivity index (χ0) is 27.2. The first-order chi connectivity index (χ1) is 18.1. The number of aromatic nitrogens is 2. The van der Waals surface area contributed by atoms with Crippen molar-refractivity contribution < 1.29 is 24.0 Å². The summed E-state index contributed by atoms with van der Waals surface area (Å²) in [5.41, 5.74) is 4.32. The van der Waals surface area contributed by atoms with Crippen molar-refractivity contribution in [3.8, 4) is 16.3 Å². The third kappa shape index (κ3) is 4.52. The molecule has 1 amide bonds. The predicted molar refractivity (Wildman–Crippen MR) is 143 cm³/mol. The van der Waals surface area contributed by atoms with Crippen LogP contribution in [0, 0.1) is 12.8 Å². The van der Waals surface area contributed by atoms with Gasteiger partial charge in [-0.05, 0) is 36.0 Å². The molecule has 200 valence electrons. The summed E-state index contributed by atoms with van der Waals surface area (Å²) >= 11 is 1.58. The fraction of sp³-hybridized carbons (Fsp3) is 0.429. The maximum atomic E-state index is 13.8. The van der Waals surface area contributed by atoms with E-state index in [1.54, 1.807) is 28.4 Å². The summed E-state index contributed by atoms with van der Waals surface area (Å²) in [5.74, 6) is -0.262. The number of hydrogen-bond donors (Lipinski definition) is 2. The number of thiazole rings is 1. The minimum absolute atomic E-state index is 0.0864. The van der Waals surface area contributed by atoms with Crippen molar-refractivity contribution in [3.05, 3.63) is 64.6 Å². The fourth-order valence-electron chi connectivity index (χ4n) is 5.38. The Kier molecular flexibility index (Phi) is 6.87. The lowest BCUT2D eigenvalue weighted by molar-refractivity contribution is -0.135. The molecule has 1 fully saturated rings. The minimum atomic E-state index is -0.978. The predicted octanol–water partition coefficient (Wildman–Crippen LogP) is 3.79. The molecule has 1 aromatic carbocycles. The number of carbonyl (C=O) groups is 2. The third-order valence-electron chi connectivity index (χ3n) is 7.52. The van der Waals surface area contributed by atoms with Crippen molar-refractivity contribution in [2.75, 3.05) is 13.7 Å². The third-order valence-corrected chi connectivity index (χ3v) is 8.50. The number of ketones is 1. The van der Waals surface area contributed by atoms with E-state index < -0.39 is 23.6 Å². The van der Waals surface area contributed by atoms with Crippen LogP contribution in [0.1, 0.15) is 50.1 Å². The number of nitrogens with one attached hydrogen (secondary N) is 1. The van der Waals surface area contributed by atoms with Crippen LogP contribution in [0.5, 0.6) is 5.88 Å². The molecule has 5 rings (SSSR count). The van der Waals surface area contributed by atoms with Crippen molar-refractivity contribution in [1.29, 1.82) is 0 Å². The molecule has 0 saturated carbocycles. The van der Waals surface area contributed by atoms with Crippen molar-refractivity contribution in [2.24, 2.45) is 5.92 Å². The maximum absolute atomic E-state index is 13.8. The summed E-state index contributed by atoms with van der Waals surface area (Å²) in [6.07, 6.45) is 1.21. The van der Waals surface area contributed by atoms with Crippen molar-refractivity contribution >= 4 is 23.0 Å². The highest BCUT2D eigenvalue weighted by Gasteiger charge is 2.47. The maximum Gasteiger partial charge on any atom is 0.254 e. The Morgan fingerprint density at radius 1 is 1.32 bits per heavy atom. The molecule has 10 heteroatoms. The van der Waals surface area contributed by atoms with Crippen LogP contribution in [0.3, 0.4) is 0 Å². The molecule has 4 heterocycles. The number of aliphatic hydroxyl groups is 1. The lowest BCUT2D eigenvalue weighted by atomic mass is 9.89. The van der Waals surface area contributed by atoms with Crippen LogP contribution < -0.4 is 10.1 Å². The normalized spacial score (nSPS) is 24.0. The van der Waals surface area contributed by atoms with E-state index in [9.17, 15) is 14.7 Å². The van der Waals surface area contributed by atoms with Crippen LogP contribution in [-0.2, 0) is 15.1 Å². The molecule has 38 heavy (non-hydrogen) atoms. The highest BCUT2D eigenvalue weighted by atomic mass is 32.1. The van der Waals surface area contributed by atoms with E-state index in [1.165, 1.54) is 7.11 Å². The van der Waals surface area contributed by atoms with Crippen molar-refractivity contribution in [2.45, 2.75) is 57.7 Å². The van der Waals surface area contributed by atoms with Gasteiger partial charge in [0, 0.05) is 30.8 Å². The van der Waals surface area contributed by atoms with E-state index in [-0.39, 0.29) is 24.2 Å². The van der Waals surface area contributed by atoms with E-state index in [0.717, 1.165) is 21.7 Å². The number of benzene rings is 1. The van der Waals surface area contributed by atoms with Gasteiger partial charge >= 0.3 is 0 Å². The standard InChI is InChI=1S/C28H32N4O5S/c1-15(2)25(22-12-24(36-5)31-37-22)27(35)32-13-19(33)10-21(32)20-11-23(34)28(4,30-20)18-8-6-17(7-9-18)26-16(3)29-14-38-26/h6-9,11-12,14-15,19,21,25,30,33H,10,13H2,1-5H3/t19-,21-,25-,28-/m1/s1. The van der Waals surface area contributed by atoms with E-state index in [4.69, 9.17) is 9.26 Å². The lowest BCUT2D eigenvalue weighted by Crippen LogP contribution is -2.46. The van der Waals surface area contributed by atoms with Gasteiger partial charge in [-0.3, -0.25) is 9.59 Å². The number of methoxy groups -OCH3 is 1. The molecule has 4 atom stereocenters. The number of likely N-dealkylation sites (tertiary alicyclic amines) is 1. The first kappa shape index (κ1) is 26.1. The summed E-state index contributed by atoms with van der Waals surface area (Å²) in [7, 11) is 1.49. The Labute approximate surface area is 225 Å². The van der Waals surface area contributed by atoms with Crippen LogP contribution in [0.25, 0.3) is 10.4 Å². The number of ether oxygens (including phenoxy) is 1. The quantitative estimate of drug-likeness (QED) is 0.468. The Morgan fingerprint density at radius 3 is 2.66 bits per heavy atom. The SMILES string of the molecule is COc1cc([C@H](C(=O)N2C[C@H](O)C[C@@H]2C2=CC(=O)[C@@](C)(c3ccc(-c4scnc4C)cc3)N2)C(C)C)on1. The second-order valence-electron chi connectivity index (χ2n) is 10.4. The van der Waals surface area contributed by atoms with Crippen LogP contribution in [0.4, 0.5) is 0 Å². The monoisotopic (exact) mass is 536 g/mol. The van der Waals surface area contributed by atoms with Gasteiger partial charge in [-0.25, -0.2) is 4.98 Å². The zero-order valence-electron chi connectivity index (χ0n) is 22.1. The topological polar surface area (TPSA) is 118 Å². The number of hydrogen-bond acceptors (Lipinski definition) is 9. The lowest BCUT2D eigenvalue weighted by Gasteiger charge is -2.32. The first-order valence-corrected chi connectivity index (χ1v) is 13.5. The Balaban J connectivity index is 1.39. The summed E-state index contributed by atoms with van der Waals surface area (Å²) < 4.78 is 10.6. The molecule has 1 saturated heterocycles. The number of carbonyl (C=O) groups excluding carboxylic acids is 2. The summed E-state index contributed by atoms with van der Waals surface area (Å²) in [6, 6.07) is 9.07. The molecule has 2 aliphatic heterocycles. The summed E-state index contributed by atoms with van der Waals surface area (Å²) in [5, 5.41) is 17.8. The number of β-amino-alcohol motifs (C(OH)–C–C–N with tert-alkyl or cyclic N) is 1. The van der Waals surface area contributed by atoms with E-state index in [1.807, 2.05) is 57.5 Å². The smallest absolute Gasteiger partial charge is 0.254 e. The number of aryl methyl sites for hydroxylation is 1. The molecule has 3 aromatic rings. The average Bonchev–Trinajstić information content (AvgIpc) is 3.67. The Bertz CT molecular complexity index is 1380. The van der Waals surface area contributed by atoms with Gasteiger partial charge in [0.25, 0.3) is 5.88 Å². The molecule has 0 radical (unpaired) electrons. The van der Waals surface area contributed by atoms with Gasteiger partial charge in [-0.1, -0.05) is 38.1 Å². The molecule has 0 bridgehead atoms. The van der Waals surface area contributed by atoms with Crippen molar-refractivity contribution in [3.63, 3.8) is 0 Å². The van der Waals surface area contributed by atoms with Gasteiger partial charge < -0.3 is 24.6 Å². The van der Waals surface area contributed by atoms with Gasteiger partial charge in [0.2, 0.25) is 5.91 Å². The molecular weight excluding hydrogens is 504 g/mol. The van der Waals surface area contributed by atoms with Crippen LogP contribution in [-0.4, -0.2) is 57.6 Å². The number of aliphatic hydroxyl groups excluding tert-OH is 1. The van der Waals surface area contributed by atoms with Gasteiger partial charge in [0.1, 0.15) is 11.5 Å². The fourth-order valence-corrected chi connectivity index (χ4v) is 6.19. The molecular formula is C28H32N4O5S. The molecule has 0 unspecified atom stereocenters. The van der Waals surface area contributed by atoms with Gasteiger partial charge in [-0.2, -0.15) is 0 Å². The minimum Gasteiger partial charge on any atom is -0.479 e. The van der Waals surface area contributed by atoms with E-state index in [0.29, 0.717) is 23.8 Å². The molecule has 0 aliphatic carbocycles. The summed E-state index contributed by atoms with van der Waals surface area (Å²) in [4.78, 5) is 34.2. The number of nitrogens with zero attached hydrogens (tertiary/aromatic N) is 3. The van der Waals surface area contributed by atoms with Crippen LogP contribution in [0.2, 0.25) is 0 Å². The van der Waals surface area contributed by atoms with E-state index in [2.05, 4.69) is 15.5 Å². The summed E-state index contributed by atoms with van der Waals surface area (Å²) in [6.45, 7) is 7.87. The zero-order valence-corrected chi connectivity index (χ0v) is 22.9. The average molecular weight is 537 g/mol. The van der Waals surface area contributed by atoms with Crippen LogP contribution >= 0.6 is 11.3 Å². The largest absolute Gasteiger partial charge is 0.479 e. The number of rotatable bonds is 7. The highest BCUT2D eigenvalue weighted by molar-refractivity contribution is 7.13. The Hall–Kier alpha value is -3.50. The second-order valence-corrected chi connectivity index (χ2v) is 11.3. The molecule has 0 spiro atoms. The van der Waals surface area contributed by atoms with E-state index >= 15 is 0 Å². The molecule has 2 aromatic heterocycles. The first-order valence-electron chi connectivity index (χ1n) is 12.7. The van der Waals surface area contributed by atoms with Gasteiger partial charge in [0.05, 0.1) is 35.3 Å². The Morgan fingerprint density at radius 2 is 2.05 bits per heavy atom. The number of amides is 1. The second kappa shape index (κ2) is 9.99.